The van der Waals surface area contributed by atoms with E-state index in [1.54, 1.807) is 0 Å². The minimum absolute atomic E-state index is 0.0731. The van der Waals surface area contributed by atoms with E-state index in [9.17, 15) is 18.0 Å². The van der Waals surface area contributed by atoms with Crippen molar-refractivity contribution in [1.29, 1.82) is 0 Å². The fourth-order valence-electron chi connectivity index (χ4n) is 4.43. The molecule has 1 aliphatic carbocycles. The van der Waals surface area contributed by atoms with E-state index in [-0.39, 0.29) is 36.4 Å². The number of anilines is 3. The number of fused-ring (bicyclic) bond motifs is 1. The van der Waals surface area contributed by atoms with Gasteiger partial charge in [-0.15, -0.1) is 0 Å². The van der Waals surface area contributed by atoms with Gasteiger partial charge in [-0.25, -0.2) is 4.98 Å². The van der Waals surface area contributed by atoms with E-state index in [0.29, 0.717) is 36.0 Å². The molecule has 0 saturated heterocycles. The monoisotopic (exact) mass is 437 g/mol. The molecule has 0 bridgehead atoms. The molecule has 2 aromatic rings. The van der Waals surface area contributed by atoms with Gasteiger partial charge in [0.1, 0.15) is 17.4 Å². The Morgan fingerprint density at radius 2 is 2.00 bits per heavy atom. The van der Waals surface area contributed by atoms with Crippen LogP contribution in [0, 0.1) is 18.8 Å². The molecule has 1 atom stereocenters. The first kappa shape index (κ1) is 21.4. The van der Waals surface area contributed by atoms with Crippen LogP contribution in [-0.2, 0) is 17.5 Å². The van der Waals surface area contributed by atoms with Crippen LogP contribution in [0.25, 0.3) is 0 Å². The molecule has 168 valence electrons. The Labute approximate surface area is 178 Å². The van der Waals surface area contributed by atoms with Gasteiger partial charge in [0.15, 0.2) is 5.82 Å². The highest BCUT2D eigenvalue weighted by Crippen LogP contribution is 2.37. The van der Waals surface area contributed by atoms with Gasteiger partial charge in [0.2, 0.25) is 11.9 Å². The van der Waals surface area contributed by atoms with Crippen molar-refractivity contribution in [2.45, 2.75) is 58.4 Å². The van der Waals surface area contributed by atoms with Crippen LogP contribution in [0.2, 0.25) is 0 Å². The maximum absolute atomic E-state index is 13.0. The Kier molecular flexibility index (Phi) is 5.30. The highest BCUT2D eigenvalue weighted by atomic mass is 19.4. The van der Waals surface area contributed by atoms with E-state index in [2.05, 4.69) is 25.7 Å². The van der Waals surface area contributed by atoms with Crippen molar-refractivity contribution in [3.8, 4) is 0 Å². The summed E-state index contributed by atoms with van der Waals surface area (Å²) >= 11 is 0. The van der Waals surface area contributed by atoms with E-state index < -0.39 is 11.9 Å². The minimum Gasteiger partial charge on any atom is -0.351 e. The summed E-state index contributed by atoms with van der Waals surface area (Å²) in [7, 11) is 1.85. The molecule has 1 amide bonds. The molecular formula is C20H26F3N7O. The average Bonchev–Trinajstić information content (AvgIpc) is 3.09. The van der Waals surface area contributed by atoms with Crippen molar-refractivity contribution in [2.24, 2.45) is 11.8 Å². The quantitative estimate of drug-likeness (QED) is 0.746. The summed E-state index contributed by atoms with van der Waals surface area (Å²) in [5.74, 6) is 1.26. The highest BCUT2D eigenvalue weighted by molar-refractivity contribution is 6.03. The van der Waals surface area contributed by atoms with Gasteiger partial charge >= 0.3 is 6.18 Å². The smallest absolute Gasteiger partial charge is 0.351 e. The summed E-state index contributed by atoms with van der Waals surface area (Å²) in [4.78, 5) is 23.4. The summed E-state index contributed by atoms with van der Waals surface area (Å²) in [5, 5.41) is 10.0. The molecule has 3 heterocycles. The number of carbonyl (C=O) groups excluding carboxylic acids is 1. The maximum Gasteiger partial charge on any atom is 0.433 e. The van der Waals surface area contributed by atoms with E-state index in [1.807, 2.05) is 32.7 Å². The fraction of sp³-hybridized carbons (Fsp3) is 0.600. The largest absolute Gasteiger partial charge is 0.433 e. The fourth-order valence-corrected chi connectivity index (χ4v) is 4.43. The van der Waals surface area contributed by atoms with Crippen LogP contribution in [0.1, 0.15) is 38.1 Å². The van der Waals surface area contributed by atoms with Gasteiger partial charge in [-0.2, -0.15) is 23.3 Å². The summed E-state index contributed by atoms with van der Waals surface area (Å²) in [5.41, 5.74) is 0.555. The van der Waals surface area contributed by atoms with Crippen molar-refractivity contribution in [3.63, 3.8) is 0 Å². The maximum atomic E-state index is 13.0. The van der Waals surface area contributed by atoms with Crippen molar-refractivity contribution in [3.05, 3.63) is 23.7 Å². The summed E-state index contributed by atoms with van der Waals surface area (Å²) in [6, 6.07) is 0.758. The molecule has 1 saturated carbocycles. The molecule has 1 aliphatic heterocycles. The van der Waals surface area contributed by atoms with Gasteiger partial charge in [-0.05, 0) is 37.7 Å². The second-order valence-electron chi connectivity index (χ2n) is 8.70. The first-order valence-electron chi connectivity index (χ1n) is 10.3. The van der Waals surface area contributed by atoms with E-state index in [1.165, 1.54) is 6.20 Å². The molecule has 1 fully saturated rings. The second kappa shape index (κ2) is 7.69. The number of likely N-dealkylation sites (N-methyl/N-ethyl adjacent to an activating group) is 1. The number of halogens is 3. The molecule has 11 heteroatoms. The summed E-state index contributed by atoms with van der Waals surface area (Å²) in [6.45, 7) is 6.01. The zero-order chi connectivity index (χ0) is 22.5. The Hall–Kier alpha value is -2.85. The molecule has 0 spiro atoms. The first-order valence-corrected chi connectivity index (χ1v) is 10.3. The van der Waals surface area contributed by atoms with Gasteiger partial charge < -0.3 is 15.5 Å². The standard InChI is InChI=1S/C20H26F3N7O/c1-10(2)16-18(31)27-15-11(3)25-19(28-17(15)29(16)4)26-13-7-12(8-13)9-30-14(5-6-24-30)20(21,22)23/h5-6,10,12-13,16H,7-9H2,1-4H3,(H,27,31)(H,25,26,28)/t12-,13+,16-/m0/s1. The Balaban J connectivity index is 1.42. The third-order valence-electron chi connectivity index (χ3n) is 5.98. The van der Waals surface area contributed by atoms with Crippen molar-refractivity contribution in [1.82, 2.24) is 19.7 Å². The lowest BCUT2D eigenvalue weighted by Crippen LogP contribution is -2.50. The molecule has 0 radical (unpaired) electrons. The zero-order valence-electron chi connectivity index (χ0n) is 17.9. The van der Waals surface area contributed by atoms with Crippen molar-refractivity contribution < 1.29 is 18.0 Å². The molecule has 2 aromatic heterocycles. The SMILES string of the molecule is Cc1nc(N[C@H]2C[C@@H](Cn3nccc3C(F)(F)F)C2)nc2c1NC(=O)[C@H](C(C)C)N2C. The predicted molar refractivity (Wildman–Crippen MR) is 110 cm³/mol. The number of rotatable bonds is 5. The van der Waals surface area contributed by atoms with Gasteiger partial charge in [-0.3, -0.25) is 9.48 Å². The van der Waals surface area contributed by atoms with Crippen LogP contribution >= 0.6 is 0 Å². The Morgan fingerprint density at radius 3 is 2.65 bits per heavy atom. The lowest BCUT2D eigenvalue weighted by molar-refractivity contribution is -0.144. The number of hydrogen-bond acceptors (Lipinski definition) is 6. The topological polar surface area (TPSA) is 88.0 Å². The van der Waals surface area contributed by atoms with Gasteiger partial charge in [0, 0.05) is 25.8 Å². The van der Waals surface area contributed by atoms with Gasteiger partial charge in [0.05, 0.1) is 5.69 Å². The normalized spacial score (nSPS) is 23.4. The van der Waals surface area contributed by atoms with Crippen LogP contribution in [-0.4, -0.2) is 44.8 Å². The molecule has 0 unspecified atom stereocenters. The van der Waals surface area contributed by atoms with Gasteiger partial charge in [-0.1, -0.05) is 13.8 Å². The number of nitrogens with one attached hydrogen (secondary N) is 2. The zero-order valence-corrected chi connectivity index (χ0v) is 17.9. The number of carbonyl (C=O) groups is 1. The molecule has 4 rings (SSSR count). The van der Waals surface area contributed by atoms with Crippen molar-refractivity contribution in [2.75, 3.05) is 22.6 Å². The van der Waals surface area contributed by atoms with Crippen molar-refractivity contribution >= 4 is 23.4 Å². The number of amides is 1. The Bertz CT molecular complexity index is 982. The van der Waals surface area contributed by atoms with E-state index >= 15 is 0 Å². The number of alkyl halides is 3. The third kappa shape index (κ3) is 4.05. The first-order chi connectivity index (χ1) is 14.5. The minimum atomic E-state index is -4.40. The predicted octanol–water partition coefficient (Wildman–Crippen LogP) is 3.30. The second-order valence-corrected chi connectivity index (χ2v) is 8.70. The van der Waals surface area contributed by atoms with Gasteiger partial charge in [0.25, 0.3) is 0 Å². The van der Waals surface area contributed by atoms with Crippen LogP contribution < -0.4 is 15.5 Å². The van der Waals surface area contributed by atoms with Crippen LogP contribution in [0.15, 0.2) is 12.3 Å². The number of aromatic nitrogens is 4. The average molecular weight is 437 g/mol. The van der Waals surface area contributed by atoms with Crippen LogP contribution in [0.4, 0.5) is 30.6 Å². The molecule has 8 nitrogen and oxygen atoms in total. The third-order valence-corrected chi connectivity index (χ3v) is 5.98. The number of hydrogen-bond donors (Lipinski definition) is 2. The lowest BCUT2D eigenvalue weighted by atomic mass is 9.80. The molecule has 31 heavy (non-hydrogen) atoms. The van der Waals surface area contributed by atoms with Crippen LogP contribution in [0.5, 0.6) is 0 Å². The summed E-state index contributed by atoms with van der Waals surface area (Å²) in [6.07, 6.45) is -1.81. The van der Waals surface area contributed by atoms with E-state index in [0.717, 1.165) is 10.7 Å². The highest BCUT2D eigenvalue weighted by Gasteiger charge is 2.38. The number of aryl methyl sites for hydroxylation is 1. The van der Waals surface area contributed by atoms with Crippen LogP contribution in [0.3, 0.4) is 0 Å². The summed E-state index contributed by atoms with van der Waals surface area (Å²) < 4.78 is 40.1. The molecule has 2 N–H and O–H groups in total. The lowest BCUT2D eigenvalue weighted by Gasteiger charge is -2.38. The molecule has 2 aliphatic rings. The molecular weight excluding hydrogens is 411 g/mol. The number of nitrogens with zero attached hydrogens (tertiary/aromatic N) is 5. The molecule has 0 aromatic carbocycles. The Morgan fingerprint density at radius 1 is 1.29 bits per heavy atom. The van der Waals surface area contributed by atoms with E-state index in [4.69, 9.17) is 0 Å².